The van der Waals surface area contributed by atoms with E-state index in [0.29, 0.717) is 13.0 Å². The molecule has 1 aromatic rings. The van der Waals surface area contributed by atoms with E-state index < -0.39 is 0 Å². The third-order valence-corrected chi connectivity index (χ3v) is 3.48. The number of carbonyl (C=O) groups excluding carboxylic acids is 1. The average Bonchev–Trinajstić information content (AvgIpc) is 2.98. The highest BCUT2D eigenvalue weighted by atomic mass is 16.2. The highest BCUT2D eigenvalue weighted by Crippen LogP contribution is 2.18. The molecule has 2 aliphatic rings. The van der Waals surface area contributed by atoms with Crippen molar-refractivity contribution >= 4 is 5.91 Å². The van der Waals surface area contributed by atoms with Crippen molar-refractivity contribution < 1.29 is 4.79 Å². The van der Waals surface area contributed by atoms with E-state index in [0.717, 1.165) is 37.2 Å². The van der Waals surface area contributed by atoms with Gasteiger partial charge in [-0.25, -0.2) is 0 Å². The molecule has 2 heterocycles. The number of hydrogen-bond acceptors (Lipinski definition) is 3. The van der Waals surface area contributed by atoms with Crippen molar-refractivity contribution in [1.29, 1.82) is 0 Å². The zero-order valence-corrected chi connectivity index (χ0v) is 10.3. The van der Waals surface area contributed by atoms with E-state index in [-0.39, 0.29) is 5.91 Å². The van der Waals surface area contributed by atoms with Gasteiger partial charge in [-0.05, 0) is 43.2 Å². The van der Waals surface area contributed by atoms with Crippen LogP contribution < -0.4 is 0 Å². The first-order chi connectivity index (χ1) is 8.83. The fourth-order valence-corrected chi connectivity index (χ4v) is 2.49. The lowest BCUT2D eigenvalue weighted by Crippen LogP contribution is -2.24. The number of aromatic nitrogens is 2. The molecular formula is C14H15N3O. The molecule has 3 rings (SSSR count). The van der Waals surface area contributed by atoms with Gasteiger partial charge in [-0.15, -0.1) is 5.10 Å². The number of amides is 1. The molecule has 0 bridgehead atoms. The topological polar surface area (TPSA) is 46.1 Å². The van der Waals surface area contributed by atoms with E-state index in [2.05, 4.69) is 22.0 Å². The van der Waals surface area contributed by atoms with Crippen LogP contribution in [0.3, 0.4) is 0 Å². The van der Waals surface area contributed by atoms with E-state index in [1.54, 1.807) is 4.90 Å². The normalized spacial score (nSPS) is 17.6. The first kappa shape index (κ1) is 11.2. The highest BCUT2D eigenvalue weighted by Gasteiger charge is 2.18. The Labute approximate surface area is 106 Å². The molecule has 0 aromatic carbocycles. The summed E-state index contributed by atoms with van der Waals surface area (Å²) in [5, 5.41) is 8.30. The van der Waals surface area contributed by atoms with Gasteiger partial charge in [0.05, 0.1) is 12.2 Å². The van der Waals surface area contributed by atoms with Crippen molar-refractivity contribution in [1.82, 2.24) is 15.1 Å². The smallest absolute Gasteiger partial charge is 0.223 e. The third-order valence-electron chi connectivity index (χ3n) is 3.48. The van der Waals surface area contributed by atoms with Crippen molar-refractivity contribution in [2.75, 3.05) is 13.1 Å². The summed E-state index contributed by atoms with van der Waals surface area (Å²) in [5.74, 6) is 6.23. The molecule has 0 saturated carbocycles. The number of aryl methyl sites for hydroxylation is 2. The van der Waals surface area contributed by atoms with Gasteiger partial charge in [0.25, 0.3) is 0 Å². The van der Waals surface area contributed by atoms with Crippen molar-refractivity contribution in [3.05, 3.63) is 23.0 Å². The maximum absolute atomic E-state index is 11.4. The minimum Gasteiger partial charge on any atom is -0.332 e. The van der Waals surface area contributed by atoms with Gasteiger partial charge in [-0.2, -0.15) is 5.10 Å². The summed E-state index contributed by atoms with van der Waals surface area (Å²) < 4.78 is 0. The summed E-state index contributed by atoms with van der Waals surface area (Å²) in [5.41, 5.74) is 3.13. The van der Waals surface area contributed by atoms with Crippen LogP contribution >= 0.6 is 0 Å². The maximum atomic E-state index is 11.4. The first-order valence-corrected chi connectivity index (χ1v) is 6.45. The number of likely N-dealkylation sites (tertiary alicyclic amines) is 1. The van der Waals surface area contributed by atoms with E-state index in [4.69, 9.17) is 0 Å². The number of nitrogens with zero attached hydrogens (tertiary/aromatic N) is 3. The van der Waals surface area contributed by atoms with Crippen LogP contribution in [0.4, 0.5) is 0 Å². The molecule has 1 aromatic heterocycles. The Kier molecular flexibility index (Phi) is 2.97. The van der Waals surface area contributed by atoms with Crippen LogP contribution in [-0.2, 0) is 17.6 Å². The molecule has 0 N–H and O–H groups in total. The second kappa shape index (κ2) is 4.77. The predicted octanol–water partition coefficient (Wildman–Crippen LogP) is 0.939. The monoisotopic (exact) mass is 241 g/mol. The van der Waals surface area contributed by atoms with E-state index >= 15 is 0 Å². The number of carbonyl (C=O) groups is 1. The van der Waals surface area contributed by atoms with Gasteiger partial charge in [0, 0.05) is 13.0 Å². The second-order valence-corrected chi connectivity index (χ2v) is 4.78. The van der Waals surface area contributed by atoms with E-state index in [1.165, 1.54) is 12.0 Å². The summed E-state index contributed by atoms with van der Waals surface area (Å²) in [6.07, 6.45) is 4.92. The molecule has 92 valence electrons. The molecule has 1 aliphatic carbocycles. The van der Waals surface area contributed by atoms with E-state index in [9.17, 15) is 4.79 Å². The number of fused-ring (bicyclic) bond motifs is 1. The van der Waals surface area contributed by atoms with Gasteiger partial charge in [0.15, 0.2) is 0 Å². The molecule has 0 atom stereocenters. The Morgan fingerprint density at radius 3 is 3.00 bits per heavy atom. The fraction of sp³-hybridized carbons (Fsp3) is 0.500. The van der Waals surface area contributed by atoms with Crippen LogP contribution in [0.1, 0.15) is 36.2 Å². The molecule has 0 radical (unpaired) electrons. The lowest BCUT2D eigenvalue weighted by atomic mass is 10.2. The van der Waals surface area contributed by atoms with Crippen LogP contribution in [0.25, 0.3) is 0 Å². The van der Waals surface area contributed by atoms with Gasteiger partial charge >= 0.3 is 0 Å². The number of rotatable bonds is 1. The molecule has 1 fully saturated rings. The molecular weight excluding hydrogens is 226 g/mol. The average molecular weight is 241 g/mol. The second-order valence-electron chi connectivity index (χ2n) is 4.78. The minimum absolute atomic E-state index is 0.212. The molecule has 1 amide bonds. The largest absolute Gasteiger partial charge is 0.332 e. The molecule has 0 unspecified atom stereocenters. The standard InChI is InChI=1S/C14H15N3O/c18-14-7-3-9-17(14)8-2-5-12-10-11-4-1-6-13(11)16-15-12/h10H,1,3-4,6-9H2. The van der Waals surface area contributed by atoms with Crippen LogP contribution in [0, 0.1) is 11.8 Å². The molecule has 18 heavy (non-hydrogen) atoms. The summed E-state index contributed by atoms with van der Waals surface area (Å²) >= 11 is 0. The third kappa shape index (κ3) is 2.21. The van der Waals surface area contributed by atoms with E-state index in [1.807, 2.05) is 6.07 Å². The van der Waals surface area contributed by atoms with Crippen LogP contribution in [0.5, 0.6) is 0 Å². The fourth-order valence-electron chi connectivity index (χ4n) is 2.49. The zero-order valence-electron chi connectivity index (χ0n) is 10.3. The lowest BCUT2D eigenvalue weighted by molar-refractivity contribution is -0.127. The molecule has 4 heteroatoms. The Bertz CT molecular complexity index is 542. The van der Waals surface area contributed by atoms with Crippen molar-refractivity contribution in [3.63, 3.8) is 0 Å². The van der Waals surface area contributed by atoms with Crippen molar-refractivity contribution in [3.8, 4) is 11.8 Å². The van der Waals surface area contributed by atoms with Crippen molar-refractivity contribution in [2.24, 2.45) is 0 Å². The summed E-state index contributed by atoms with van der Waals surface area (Å²) in [4.78, 5) is 13.2. The summed E-state index contributed by atoms with van der Waals surface area (Å²) in [6, 6.07) is 2.04. The van der Waals surface area contributed by atoms with Gasteiger partial charge in [0.2, 0.25) is 5.91 Å². The van der Waals surface area contributed by atoms with Gasteiger partial charge in [0.1, 0.15) is 5.69 Å². The predicted molar refractivity (Wildman–Crippen MR) is 66.7 cm³/mol. The SMILES string of the molecule is O=C1CCCN1CC#Cc1cc2c(nn1)CCC2. The Hall–Kier alpha value is -1.89. The van der Waals surface area contributed by atoms with Crippen LogP contribution in [-0.4, -0.2) is 34.1 Å². The van der Waals surface area contributed by atoms with Crippen LogP contribution in [0.2, 0.25) is 0 Å². The minimum atomic E-state index is 0.212. The zero-order chi connectivity index (χ0) is 12.4. The first-order valence-electron chi connectivity index (χ1n) is 6.45. The quantitative estimate of drug-likeness (QED) is 0.687. The molecule has 0 spiro atoms. The van der Waals surface area contributed by atoms with Gasteiger partial charge < -0.3 is 4.90 Å². The highest BCUT2D eigenvalue weighted by molar-refractivity contribution is 5.78. The van der Waals surface area contributed by atoms with Gasteiger partial charge in [-0.1, -0.05) is 5.92 Å². The summed E-state index contributed by atoms with van der Waals surface area (Å²) in [6.45, 7) is 1.35. The Balaban J connectivity index is 1.68. The maximum Gasteiger partial charge on any atom is 0.223 e. The Morgan fingerprint density at radius 2 is 2.17 bits per heavy atom. The number of hydrogen-bond donors (Lipinski definition) is 0. The summed E-state index contributed by atoms with van der Waals surface area (Å²) in [7, 11) is 0. The molecule has 4 nitrogen and oxygen atoms in total. The lowest BCUT2D eigenvalue weighted by Gasteiger charge is -2.09. The Morgan fingerprint density at radius 1 is 1.22 bits per heavy atom. The molecule has 1 saturated heterocycles. The molecule has 1 aliphatic heterocycles. The van der Waals surface area contributed by atoms with Gasteiger partial charge in [-0.3, -0.25) is 4.79 Å². The van der Waals surface area contributed by atoms with Crippen LogP contribution in [0.15, 0.2) is 6.07 Å². The van der Waals surface area contributed by atoms with Crippen molar-refractivity contribution in [2.45, 2.75) is 32.1 Å².